The van der Waals surface area contributed by atoms with Gasteiger partial charge >= 0.3 is 11.9 Å². The first kappa shape index (κ1) is 28.6. The molecule has 2 rings (SSSR count). The molecule has 2 aromatic rings. The van der Waals surface area contributed by atoms with Crippen LogP contribution >= 0.6 is 0 Å². The normalized spacial score (nSPS) is 10.9. The van der Waals surface area contributed by atoms with E-state index in [1.165, 1.54) is 44.6 Å². The van der Waals surface area contributed by atoms with Crippen LogP contribution in [0, 0.1) is 0 Å². The maximum absolute atomic E-state index is 12.8. The number of aliphatic carboxylic acids is 2. The largest absolute Gasteiger partial charge is 0.491 e. The number of hydrogen-bond donors (Lipinski definition) is 3. The molecule has 194 valence electrons. The number of aromatic nitrogens is 1. The van der Waals surface area contributed by atoms with Crippen molar-refractivity contribution < 1.29 is 29.3 Å². The van der Waals surface area contributed by atoms with E-state index in [0.717, 1.165) is 12.8 Å². The number of ether oxygens (including phenoxy) is 1. The summed E-state index contributed by atoms with van der Waals surface area (Å²) < 4.78 is 5.90. The van der Waals surface area contributed by atoms with Crippen LogP contribution in [-0.2, 0) is 16.0 Å². The first-order chi connectivity index (χ1) is 17.4. The van der Waals surface area contributed by atoms with E-state index in [2.05, 4.69) is 17.2 Å². The van der Waals surface area contributed by atoms with Crippen LogP contribution in [0.2, 0.25) is 0 Å². The van der Waals surface area contributed by atoms with Crippen LogP contribution in [0.15, 0.2) is 42.5 Å². The van der Waals surface area contributed by atoms with Gasteiger partial charge in [0.1, 0.15) is 17.1 Å². The third-order valence-electron chi connectivity index (χ3n) is 5.48. The predicted octanol–water partition coefficient (Wildman–Crippen LogP) is 5.97. The van der Waals surface area contributed by atoms with Crippen molar-refractivity contribution in [1.29, 1.82) is 0 Å². The van der Waals surface area contributed by atoms with Gasteiger partial charge in [-0.25, -0.2) is 4.98 Å². The number of amides is 1. The van der Waals surface area contributed by atoms with E-state index in [4.69, 9.17) is 14.9 Å². The average Bonchev–Trinajstić information content (AvgIpc) is 2.83. The van der Waals surface area contributed by atoms with E-state index in [1.54, 1.807) is 42.5 Å². The summed E-state index contributed by atoms with van der Waals surface area (Å²) in [5, 5.41) is 20.6. The Morgan fingerprint density at radius 3 is 2.36 bits per heavy atom. The van der Waals surface area contributed by atoms with Crippen molar-refractivity contribution in [3.8, 4) is 5.75 Å². The van der Waals surface area contributed by atoms with Gasteiger partial charge < -0.3 is 20.3 Å². The molecular weight excluding hydrogens is 460 g/mol. The van der Waals surface area contributed by atoms with Crippen LogP contribution in [0.25, 0.3) is 6.08 Å². The van der Waals surface area contributed by atoms with E-state index in [1.807, 2.05) is 0 Å². The van der Waals surface area contributed by atoms with Gasteiger partial charge in [-0.3, -0.25) is 14.4 Å². The first-order valence-corrected chi connectivity index (χ1v) is 12.5. The zero-order valence-electron chi connectivity index (χ0n) is 20.9. The number of carbonyl (C=O) groups is 3. The lowest BCUT2D eigenvalue weighted by molar-refractivity contribution is -0.137. The topological polar surface area (TPSA) is 126 Å². The highest BCUT2D eigenvalue weighted by Crippen LogP contribution is 2.21. The fraction of sp³-hybridized carbons (Fsp3) is 0.429. The monoisotopic (exact) mass is 496 g/mol. The Hall–Kier alpha value is -3.68. The van der Waals surface area contributed by atoms with Gasteiger partial charge in [0, 0.05) is 5.69 Å². The van der Waals surface area contributed by atoms with Gasteiger partial charge in [-0.2, -0.15) is 0 Å². The molecule has 0 fully saturated rings. The summed E-state index contributed by atoms with van der Waals surface area (Å²) in [7, 11) is 0. The molecule has 0 spiro atoms. The van der Waals surface area contributed by atoms with Crippen LogP contribution < -0.4 is 10.1 Å². The molecule has 0 aliphatic heterocycles. The standard InChI is InChI=1S/C28H36N2O6/c1-2-3-4-5-6-7-8-9-18-36-25-17-16-24(30-23(25)14-11-15-26(31)32)28(35)29-22-13-10-12-21(19-22)20-27(33)34/h10-14,16-17,19H,2-9,15,18,20H2,1H3,(H,29,35)(H,31,32)(H,33,34). The number of carbonyl (C=O) groups excluding carboxylic acids is 1. The van der Waals surface area contributed by atoms with Crippen LogP contribution in [0.1, 0.15) is 86.5 Å². The molecule has 1 aromatic carbocycles. The summed E-state index contributed by atoms with van der Waals surface area (Å²) in [6, 6.07) is 9.82. The van der Waals surface area contributed by atoms with Gasteiger partial charge in [0.25, 0.3) is 5.91 Å². The highest BCUT2D eigenvalue weighted by molar-refractivity contribution is 6.03. The molecule has 0 saturated heterocycles. The summed E-state index contributed by atoms with van der Waals surface area (Å²) in [6.07, 6.45) is 12.2. The number of unbranched alkanes of at least 4 members (excludes halogenated alkanes) is 7. The van der Waals surface area contributed by atoms with Crippen LogP contribution in [0.3, 0.4) is 0 Å². The highest BCUT2D eigenvalue weighted by Gasteiger charge is 2.13. The smallest absolute Gasteiger partial charge is 0.307 e. The molecule has 0 saturated carbocycles. The second-order valence-corrected chi connectivity index (χ2v) is 8.63. The molecule has 36 heavy (non-hydrogen) atoms. The van der Waals surface area contributed by atoms with Crippen molar-refractivity contribution in [2.75, 3.05) is 11.9 Å². The molecule has 8 heteroatoms. The van der Waals surface area contributed by atoms with Crippen molar-refractivity contribution in [2.45, 2.75) is 71.1 Å². The summed E-state index contributed by atoms with van der Waals surface area (Å²) in [4.78, 5) is 39.0. The lowest BCUT2D eigenvalue weighted by atomic mass is 10.1. The molecule has 8 nitrogen and oxygen atoms in total. The van der Waals surface area contributed by atoms with Crippen molar-refractivity contribution in [2.24, 2.45) is 0 Å². The molecule has 0 bridgehead atoms. The third kappa shape index (κ3) is 11.2. The number of nitrogens with one attached hydrogen (secondary N) is 1. The number of carboxylic acids is 2. The fourth-order valence-electron chi connectivity index (χ4n) is 3.65. The molecule has 1 amide bonds. The zero-order chi connectivity index (χ0) is 26.2. The van der Waals surface area contributed by atoms with E-state index >= 15 is 0 Å². The molecule has 0 unspecified atom stereocenters. The fourth-order valence-corrected chi connectivity index (χ4v) is 3.65. The lowest BCUT2D eigenvalue weighted by Gasteiger charge is -2.11. The van der Waals surface area contributed by atoms with Gasteiger partial charge in [-0.15, -0.1) is 0 Å². The Kier molecular flexibility index (Phi) is 12.8. The molecule has 1 heterocycles. The van der Waals surface area contributed by atoms with E-state index < -0.39 is 17.8 Å². The number of benzene rings is 1. The third-order valence-corrected chi connectivity index (χ3v) is 5.48. The molecule has 3 N–H and O–H groups in total. The summed E-state index contributed by atoms with van der Waals surface area (Å²) in [5.41, 5.74) is 1.53. The SMILES string of the molecule is CCCCCCCCCCOc1ccc(C(=O)Nc2cccc(CC(=O)O)c2)nc1C=CCC(=O)O. The Labute approximate surface area is 212 Å². The van der Waals surface area contributed by atoms with Crippen LogP contribution in [0.4, 0.5) is 5.69 Å². The molecule has 0 aliphatic carbocycles. The molecule has 0 radical (unpaired) electrons. The Morgan fingerprint density at radius 2 is 1.67 bits per heavy atom. The van der Waals surface area contributed by atoms with E-state index in [0.29, 0.717) is 29.3 Å². The summed E-state index contributed by atoms with van der Waals surface area (Å²) in [6.45, 7) is 2.72. The number of rotatable bonds is 17. The second kappa shape index (κ2) is 16.1. The number of carboxylic acid groups (broad SMARTS) is 2. The van der Waals surface area contributed by atoms with Crippen molar-refractivity contribution in [3.05, 3.63) is 59.4 Å². The van der Waals surface area contributed by atoms with Gasteiger partial charge in [0.05, 0.1) is 19.4 Å². The maximum Gasteiger partial charge on any atom is 0.307 e. The highest BCUT2D eigenvalue weighted by atomic mass is 16.5. The van der Waals surface area contributed by atoms with Crippen LogP contribution in [-0.4, -0.2) is 39.6 Å². The minimum atomic E-state index is -0.970. The van der Waals surface area contributed by atoms with Gasteiger partial charge in [0.15, 0.2) is 0 Å². The number of pyridine rings is 1. The van der Waals surface area contributed by atoms with E-state index in [9.17, 15) is 14.4 Å². The van der Waals surface area contributed by atoms with Crippen LogP contribution in [0.5, 0.6) is 5.75 Å². The van der Waals surface area contributed by atoms with Crippen molar-refractivity contribution >= 4 is 29.6 Å². The minimum absolute atomic E-state index is 0.132. The van der Waals surface area contributed by atoms with Gasteiger partial charge in [0.2, 0.25) is 0 Å². The second-order valence-electron chi connectivity index (χ2n) is 8.63. The predicted molar refractivity (Wildman–Crippen MR) is 139 cm³/mol. The molecule has 0 aliphatic rings. The Bertz CT molecular complexity index is 1030. The number of hydrogen-bond acceptors (Lipinski definition) is 5. The molecular formula is C28H36N2O6. The number of anilines is 1. The van der Waals surface area contributed by atoms with Gasteiger partial charge in [-0.05, 0) is 42.3 Å². The molecule has 0 atom stereocenters. The number of nitrogens with zero attached hydrogens (tertiary/aromatic N) is 1. The van der Waals surface area contributed by atoms with Gasteiger partial charge in [-0.1, -0.05) is 70.1 Å². The Morgan fingerprint density at radius 1 is 0.944 bits per heavy atom. The summed E-state index contributed by atoms with van der Waals surface area (Å²) >= 11 is 0. The van der Waals surface area contributed by atoms with E-state index in [-0.39, 0.29) is 18.5 Å². The quantitative estimate of drug-likeness (QED) is 0.230. The zero-order valence-corrected chi connectivity index (χ0v) is 20.9. The lowest BCUT2D eigenvalue weighted by Crippen LogP contribution is -2.15. The minimum Gasteiger partial charge on any atom is -0.491 e. The Balaban J connectivity index is 2.01. The maximum atomic E-state index is 12.8. The average molecular weight is 497 g/mol. The van der Waals surface area contributed by atoms with Crippen molar-refractivity contribution in [3.63, 3.8) is 0 Å². The summed E-state index contributed by atoms with van der Waals surface area (Å²) in [5.74, 6) is -1.91. The first-order valence-electron chi connectivity index (χ1n) is 12.5. The van der Waals surface area contributed by atoms with Crippen molar-refractivity contribution in [1.82, 2.24) is 4.98 Å². The molecule has 1 aromatic heterocycles.